The molecule has 0 aliphatic carbocycles. The minimum absolute atomic E-state index is 0.163. The van der Waals surface area contributed by atoms with Gasteiger partial charge in [-0.05, 0) is 50.1 Å². The molecule has 0 unspecified atom stereocenters. The third-order valence-electron chi connectivity index (χ3n) is 4.17. The van der Waals surface area contributed by atoms with Crippen molar-refractivity contribution in [2.24, 2.45) is 0 Å². The number of carbonyl (C=O) groups excluding carboxylic acids is 1. The van der Waals surface area contributed by atoms with E-state index in [9.17, 15) is 4.79 Å². The summed E-state index contributed by atoms with van der Waals surface area (Å²) in [5, 5.41) is 7.60. The first-order valence-electron chi connectivity index (χ1n) is 8.48. The molecule has 0 spiro atoms. The highest BCUT2D eigenvalue weighted by molar-refractivity contribution is 7.98. The molecule has 2 heterocycles. The minimum atomic E-state index is -0.163. The second-order valence-corrected chi connectivity index (χ2v) is 6.92. The van der Waals surface area contributed by atoms with Gasteiger partial charge in [0.2, 0.25) is 0 Å². The summed E-state index contributed by atoms with van der Waals surface area (Å²) in [6.45, 7) is 5.91. The van der Waals surface area contributed by atoms with Crippen LogP contribution in [0, 0.1) is 13.8 Å². The van der Waals surface area contributed by atoms with Gasteiger partial charge >= 0.3 is 0 Å². The van der Waals surface area contributed by atoms with Crippen LogP contribution in [0.5, 0.6) is 0 Å². The van der Waals surface area contributed by atoms with Gasteiger partial charge in [-0.15, -0.1) is 11.8 Å². The topological polar surface area (TPSA) is 68.0 Å². The molecule has 0 atom stereocenters. The average molecular weight is 367 g/mol. The quantitative estimate of drug-likeness (QED) is 0.634. The number of thioether (sulfide) groups is 1. The molecule has 0 aliphatic heterocycles. The highest BCUT2D eigenvalue weighted by Crippen LogP contribution is 2.27. The molecule has 3 rings (SSSR count). The van der Waals surface area contributed by atoms with E-state index in [1.165, 1.54) is 17.3 Å². The van der Waals surface area contributed by atoms with Crippen LogP contribution in [0.25, 0.3) is 0 Å². The van der Waals surface area contributed by atoms with E-state index in [-0.39, 0.29) is 5.91 Å². The van der Waals surface area contributed by atoms with Crippen molar-refractivity contribution in [1.29, 1.82) is 0 Å². The van der Waals surface area contributed by atoms with Gasteiger partial charge in [0.05, 0.1) is 11.3 Å². The standard InChI is InChI=1S/C20H21N3O2S/c1-4-15-7-9-16(10-8-15)22-19(24)17-6-5-11-21-20(17)26-12-18-13(2)23-25-14(18)3/h5-11H,4,12H2,1-3H3,(H,22,24). The molecule has 2 aromatic heterocycles. The van der Waals surface area contributed by atoms with Crippen LogP contribution < -0.4 is 5.32 Å². The molecule has 134 valence electrons. The Morgan fingerprint density at radius 3 is 2.62 bits per heavy atom. The van der Waals surface area contributed by atoms with Crippen LogP contribution in [-0.4, -0.2) is 16.0 Å². The van der Waals surface area contributed by atoms with Gasteiger partial charge in [-0.3, -0.25) is 4.79 Å². The molecule has 6 heteroatoms. The maximum absolute atomic E-state index is 12.7. The van der Waals surface area contributed by atoms with Gasteiger partial charge < -0.3 is 9.84 Å². The third kappa shape index (κ3) is 4.14. The van der Waals surface area contributed by atoms with E-state index in [1.54, 1.807) is 18.3 Å². The van der Waals surface area contributed by atoms with Crippen LogP contribution in [-0.2, 0) is 12.2 Å². The van der Waals surface area contributed by atoms with Crippen LogP contribution >= 0.6 is 11.8 Å². The zero-order valence-electron chi connectivity index (χ0n) is 15.1. The lowest BCUT2D eigenvalue weighted by Gasteiger charge is -2.09. The second-order valence-electron chi connectivity index (χ2n) is 5.95. The molecule has 0 fully saturated rings. The SMILES string of the molecule is CCc1ccc(NC(=O)c2cccnc2SCc2c(C)noc2C)cc1. The Balaban J connectivity index is 1.74. The van der Waals surface area contributed by atoms with E-state index in [0.29, 0.717) is 16.3 Å². The number of anilines is 1. The lowest BCUT2D eigenvalue weighted by Crippen LogP contribution is -2.13. The van der Waals surface area contributed by atoms with Crippen molar-refractivity contribution in [3.05, 3.63) is 70.7 Å². The minimum Gasteiger partial charge on any atom is -0.361 e. The molecule has 1 aromatic carbocycles. The number of carbonyl (C=O) groups is 1. The Hall–Kier alpha value is -2.60. The largest absolute Gasteiger partial charge is 0.361 e. The number of hydrogen-bond acceptors (Lipinski definition) is 5. The van der Waals surface area contributed by atoms with E-state index in [4.69, 9.17) is 4.52 Å². The van der Waals surface area contributed by atoms with Crippen molar-refractivity contribution < 1.29 is 9.32 Å². The summed E-state index contributed by atoms with van der Waals surface area (Å²) in [6.07, 6.45) is 2.67. The van der Waals surface area contributed by atoms with Crippen molar-refractivity contribution in [1.82, 2.24) is 10.1 Å². The normalized spacial score (nSPS) is 10.7. The van der Waals surface area contributed by atoms with Crippen molar-refractivity contribution in [2.45, 2.75) is 38.0 Å². The fourth-order valence-corrected chi connectivity index (χ4v) is 3.69. The Morgan fingerprint density at radius 2 is 1.96 bits per heavy atom. The number of hydrogen-bond donors (Lipinski definition) is 1. The molecule has 0 aliphatic rings. The average Bonchev–Trinajstić information content (AvgIpc) is 2.98. The van der Waals surface area contributed by atoms with E-state index < -0.39 is 0 Å². The Morgan fingerprint density at radius 1 is 1.19 bits per heavy atom. The molecule has 0 radical (unpaired) electrons. The summed E-state index contributed by atoms with van der Waals surface area (Å²) in [4.78, 5) is 17.1. The Bertz CT molecular complexity index is 884. The van der Waals surface area contributed by atoms with E-state index >= 15 is 0 Å². The summed E-state index contributed by atoms with van der Waals surface area (Å²) in [7, 11) is 0. The number of rotatable bonds is 6. The predicted octanol–water partition coefficient (Wildman–Crippen LogP) is 4.79. The molecule has 1 N–H and O–H groups in total. The van der Waals surface area contributed by atoms with E-state index in [0.717, 1.165) is 29.1 Å². The van der Waals surface area contributed by atoms with Gasteiger partial charge in [0, 0.05) is 23.2 Å². The Labute approximate surface area is 157 Å². The molecule has 5 nitrogen and oxygen atoms in total. The molecular formula is C20H21N3O2S. The van der Waals surface area contributed by atoms with Crippen LogP contribution in [0.4, 0.5) is 5.69 Å². The lowest BCUT2D eigenvalue weighted by molar-refractivity contribution is 0.102. The zero-order valence-corrected chi connectivity index (χ0v) is 15.9. The predicted molar refractivity (Wildman–Crippen MR) is 104 cm³/mol. The summed E-state index contributed by atoms with van der Waals surface area (Å²) < 4.78 is 5.20. The number of aromatic nitrogens is 2. The maximum Gasteiger partial charge on any atom is 0.258 e. The summed E-state index contributed by atoms with van der Waals surface area (Å²) in [5.74, 6) is 1.29. The summed E-state index contributed by atoms with van der Waals surface area (Å²) in [5.41, 5.74) is 4.48. The molecule has 0 saturated heterocycles. The molecule has 1 amide bonds. The van der Waals surface area contributed by atoms with Gasteiger partial charge in [-0.2, -0.15) is 0 Å². The fourth-order valence-electron chi connectivity index (χ4n) is 2.55. The highest BCUT2D eigenvalue weighted by atomic mass is 32.2. The summed E-state index contributed by atoms with van der Waals surface area (Å²) >= 11 is 1.51. The molecule has 3 aromatic rings. The maximum atomic E-state index is 12.7. The monoisotopic (exact) mass is 367 g/mol. The Kier molecular flexibility index (Phi) is 5.73. The van der Waals surface area contributed by atoms with Crippen LogP contribution in [0.1, 0.15) is 39.9 Å². The molecule has 26 heavy (non-hydrogen) atoms. The molecular weight excluding hydrogens is 346 g/mol. The fraction of sp³-hybridized carbons (Fsp3) is 0.250. The highest BCUT2D eigenvalue weighted by Gasteiger charge is 2.15. The van der Waals surface area contributed by atoms with E-state index in [1.807, 2.05) is 38.1 Å². The number of nitrogens with zero attached hydrogens (tertiary/aromatic N) is 2. The lowest BCUT2D eigenvalue weighted by atomic mass is 10.1. The van der Waals surface area contributed by atoms with Gasteiger partial charge in [-0.25, -0.2) is 4.98 Å². The summed E-state index contributed by atoms with van der Waals surface area (Å²) in [6, 6.07) is 11.4. The first kappa shape index (κ1) is 18.2. The van der Waals surface area contributed by atoms with Crippen molar-refractivity contribution in [3.63, 3.8) is 0 Å². The smallest absolute Gasteiger partial charge is 0.258 e. The van der Waals surface area contributed by atoms with Crippen molar-refractivity contribution in [2.75, 3.05) is 5.32 Å². The van der Waals surface area contributed by atoms with Crippen molar-refractivity contribution >= 4 is 23.4 Å². The van der Waals surface area contributed by atoms with Crippen molar-refractivity contribution in [3.8, 4) is 0 Å². The number of benzene rings is 1. The van der Waals surface area contributed by atoms with Gasteiger partial charge in [0.25, 0.3) is 5.91 Å². The number of amides is 1. The van der Waals surface area contributed by atoms with Gasteiger partial charge in [0.1, 0.15) is 10.8 Å². The zero-order chi connectivity index (χ0) is 18.5. The molecule has 0 bridgehead atoms. The number of nitrogens with one attached hydrogen (secondary N) is 1. The molecule has 0 saturated carbocycles. The number of pyridine rings is 1. The third-order valence-corrected chi connectivity index (χ3v) is 5.20. The van der Waals surface area contributed by atoms with Crippen LogP contribution in [0.3, 0.4) is 0 Å². The van der Waals surface area contributed by atoms with Crippen LogP contribution in [0.2, 0.25) is 0 Å². The van der Waals surface area contributed by atoms with Gasteiger partial charge in [-0.1, -0.05) is 24.2 Å². The number of aryl methyl sites for hydroxylation is 3. The second kappa shape index (κ2) is 8.19. The van der Waals surface area contributed by atoms with Crippen LogP contribution in [0.15, 0.2) is 52.1 Å². The first-order chi connectivity index (χ1) is 12.6. The van der Waals surface area contributed by atoms with E-state index in [2.05, 4.69) is 22.4 Å². The van der Waals surface area contributed by atoms with Gasteiger partial charge in [0.15, 0.2) is 0 Å². The first-order valence-corrected chi connectivity index (χ1v) is 9.47.